The lowest BCUT2D eigenvalue weighted by Gasteiger charge is -2.11. The molecule has 2 rings (SSSR count). The number of hydrogen-bond acceptors (Lipinski definition) is 4. The second kappa shape index (κ2) is 5.14. The summed E-state index contributed by atoms with van der Waals surface area (Å²) in [5, 5.41) is 3.84. The molecule has 1 aromatic carbocycles. The molecule has 0 spiro atoms. The van der Waals surface area contributed by atoms with Crippen molar-refractivity contribution >= 4 is 22.4 Å². The number of rotatable bonds is 4. The average molecular weight is 243 g/mol. The maximum atomic E-state index is 11.9. The lowest BCUT2D eigenvalue weighted by Crippen LogP contribution is -2.32. The number of ketones is 1. The molecule has 0 bridgehead atoms. The van der Waals surface area contributed by atoms with Crippen LogP contribution in [-0.4, -0.2) is 23.9 Å². The van der Waals surface area contributed by atoms with Gasteiger partial charge in [0.25, 0.3) is 0 Å². The molecule has 0 radical (unpaired) electrons. The molecule has 4 nitrogen and oxygen atoms in total. The van der Waals surface area contributed by atoms with E-state index in [0.29, 0.717) is 12.1 Å². The molecule has 3 N–H and O–H groups in total. The Kier molecular flexibility index (Phi) is 3.58. The summed E-state index contributed by atoms with van der Waals surface area (Å²) in [6.07, 6.45) is 2.08. The van der Waals surface area contributed by atoms with E-state index in [2.05, 4.69) is 10.3 Å². The van der Waals surface area contributed by atoms with Crippen LogP contribution in [0.15, 0.2) is 30.5 Å². The predicted octanol–water partition coefficient (Wildman–Crippen LogP) is 1.54. The minimum absolute atomic E-state index is 0.132. The highest BCUT2D eigenvalue weighted by molar-refractivity contribution is 5.95. The Hall–Kier alpha value is -1.94. The van der Waals surface area contributed by atoms with Gasteiger partial charge < -0.3 is 11.1 Å². The van der Waals surface area contributed by atoms with Crippen LogP contribution in [0.5, 0.6) is 0 Å². The summed E-state index contributed by atoms with van der Waals surface area (Å²) < 4.78 is 0. The van der Waals surface area contributed by atoms with Gasteiger partial charge in [0.15, 0.2) is 5.78 Å². The van der Waals surface area contributed by atoms with Gasteiger partial charge in [0, 0.05) is 23.7 Å². The van der Waals surface area contributed by atoms with E-state index in [0.717, 1.165) is 16.5 Å². The number of benzene rings is 1. The zero-order valence-corrected chi connectivity index (χ0v) is 10.6. The molecule has 18 heavy (non-hydrogen) atoms. The number of nitrogens with two attached hydrogens (primary N) is 1. The summed E-state index contributed by atoms with van der Waals surface area (Å²) in [5.41, 5.74) is 8.46. The van der Waals surface area contributed by atoms with E-state index < -0.39 is 0 Å². The van der Waals surface area contributed by atoms with E-state index >= 15 is 0 Å². The molecule has 1 heterocycles. The minimum atomic E-state index is -0.158. The van der Waals surface area contributed by atoms with Crippen LogP contribution in [0.2, 0.25) is 0 Å². The number of pyridine rings is 1. The van der Waals surface area contributed by atoms with Crippen LogP contribution in [0.3, 0.4) is 0 Å². The first-order valence-electron chi connectivity index (χ1n) is 5.95. The fraction of sp³-hybridized carbons (Fsp3) is 0.286. The van der Waals surface area contributed by atoms with E-state index in [4.69, 9.17) is 5.73 Å². The van der Waals surface area contributed by atoms with Gasteiger partial charge in [-0.3, -0.25) is 9.78 Å². The number of nitrogen functional groups attached to an aromatic ring is 1. The van der Waals surface area contributed by atoms with E-state index in [1.807, 2.05) is 31.2 Å². The van der Waals surface area contributed by atoms with Gasteiger partial charge >= 0.3 is 0 Å². The lowest BCUT2D eigenvalue weighted by molar-refractivity contribution is -0.119. The Labute approximate surface area is 106 Å². The summed E-state index contributed by atoms with van der Waals surface area (Å²) in [4.78, 5) is 16.1. The van der Waals surface area contributed by atoms with Crippen LogP contribution in [0, 0.1) is 0 Å². The summed E-state index contributed by atoms with van der Waals surface area (Å²) in [6, 6.07) is 7.39. The maximum Gasteiger partial charge on any atom is 0.153 e. The number of hydrogen-bond donors (Lipinski definition) is 2. The number of likely N-dealkylation sites (N-methyl/N-ethyl adjacent to an activating group) is 1. The first kappa shape index (κ1) is 12.5. The highest BCUT2D eigenvalue weighted by atomic mass is 16.1. The minimum Gasteiger partial charge on any atom is -0.398 e. The zero-order chi connectivity index (χ0) is 13.1. The van der Waals surface area contributed by atoms with Crippen LogP contribution < -0.4 is 11.1 Å². The van der Waals surface area contributed by atoms with Crippen molar-refractivity contribution in [1.82, 2.24) is 10.3 Å². The molecule has 0 saturated carbocycles. The molecule has 0 saturated heterocycles. The van der Waals surface area contributed by atoms with Gasteiger partial charge in [-0.05, 0) is 37.7 Å². The van der Waals surface area contributed by atoms with Crippen LogP contribution in [0.1, 0.15) is 12.5 Å². The zero-order valence-electron chi connectivity index (χ0n) is 10.6. The number of aromatic nitrogens is 1. The molecule has 0 aliphatic carbocycles. The van der Waals surface area contributed by atoms with E-state index in [1.165, 1.54) is 0 Å². The van der Waals surface area contributed by atoms with Crippen molar-refractivity contribution in [3.63, 3.8) is 0 Å². The maximum absolute atomic E-state index is 11.9. The van der Waals surface area contributed by atoms with Crippen LogP contribution in [0.4, 0.5) is 5.69 Å². The van der Waals surface area contributed by atoms with Gasteiger partial charge in [-0.25, -0.2) is 0 Å². The van der Waals surface area contributed by atoms with E-state index in [-0.39, 0.29) is 11.8 Å². The van der Waals surface area contributed by atoms with Crippen LogP contribution in [-0.2, 0) is 11.2 Å². The third-order valence-electron chi connectivity index (χ3n) is 3.20. The molecule has 94 valence electrons. The summed E-state index contributed by atoms with van der Waals surface area (Å²) >= 11 is 0. The number of carbonyl (C=O) groups excluding carboxylic acids is 1. The molecule has 1 unspecified atom stereocenters. The molecule has 1 aromatic heterocycles. The number of fused-ring (bicyclic) bond motifs is 1. The van der Waals surface area contributed by atoms with E-state index in [1.54, 1.807) is 13.2 Å². The van der Waals surface area contributed by atoms with Crippen molar-refractivity contribution in [3.8, 4) is 0 Å². The Balaban J connectivity index is 2.35. The van der Waals surface area contributed by atoms with Crippen molar-refractivity contribution in [1.29, 1.82) is 0 Å². The Morgan fingerprint density at radius 3 is 2.94 bits per heavy atom. The third kappa shape index (κ3) is 2.33. The summed E-state index contributed by atoms with van der Waals surface area (Å²) in [7, 11) is 1.77. The fourth-order valence-electron chi connectivity index (χ4n) is 1.88. The number of Topliss-reactive ketones (excluding diaryl/α,β-unsaturated/α-hetero) is 1. The number of carbonyl (C=O) groups is 1. The monoisotopic (exact) mass is 243 g/mol. The smallest absolute Gasteiger partial charge is 0.153 e. The van der Waals surface area contributed by atoms with E-state index in [9.17, 15) is 4.79 Å². The quantitative estimate of drug-likeness (QED) is 0.799. The average Bonchev–Trinajstić information content (AvgIpc) is 2.41. The molecule has 4 heteroatoms. The third-order valence-corrected chi connectivity index (χ3v) is 3.20. The predicted molar refractivity (Wildman–Crippen MR) is 73.4 cm³/mol. The van der Waals surface area contributed by atoms with Gasteiger partial charge in [0.05, 0.1) is 11.6 Å². The lowest BCUT2D eigenvalue weighted by atomic mass is 10.0. The van der Waals surface area contributed by atoms with Crippen molar-refractivity contribution < 1.29 is 4.79 Å². The highest BCUT2D eigenvalue weighted by Crippen LogP contribution is 2.23. The molecule has 1 atom stereocenters. The Bertz CT molecular complexity index is 580. The molecular formula is C14H17N3O. The van der Waals surface area contributed by atoms with Crippen molar-refractivity contribution in [3.05, 3.63) is 36.0 Å². The van der Waals surface area contributed by atoms with Crippen LogP contribution >= 0.6 is 0 Å². The topological polar surface area (TPSA) is 68.0 Å². The molecule has 0 amide bonds. The number of anilines is 1. The van der Waals surface area contributed by atoms with Gasteiger partial charge in [-0.15, -0.1) is 0 Å². The SMILES string of the molecule is CNC(C)C(=O)Cc1ccc2ncccc2c1N. The van der Waals surface area contributed by atoms with Crippen molar-refractivity contribution in [2.75, 3.05) is 12.8 Å². The summed E-state index contributed by atoms with van der Waals surface area (Å²) in [5.74, 6) is 0.132. The fourth-order valence-corrected chi connectivity index (χ4v) is 1.88. The summed E-state index contributed by atoms with van der Waals surface area (Å²) in [6.45, 7) is 1.85. The van der Waals surface area contributed by atoms with Crippen LogP contribution in [0.25, 0.3) is 10.9 Å². The number of nitrogens with zero attached hydrogens (tertiary/aromatic N) is 1. The molecule has 0 aliphatic rings. The normalized spacial score (nSPS) is 12.6. The Morgan fingerprint density at radius 1 is 1.44 bits per heavy atom. The first-order chi connectivity index (χ1) is 8.63. The second-order valence-corrected chi connectivity index (χ2v) is 4.36. The standard InChI is InChI=1S/C14H17N3O/c1-9(16-2)13(18)8-10-5-6-12-11(14(10)15)4-3-7-17-12/h3-7,9,16H,8,15H2,1-2H3. The molecular weight excluding hydrogens is 226 g/mol. The van der Waals surface area contributed by atoms with Crippen molar-refractivity contribution in [2.24, 2.45) is 0 Å². The number of nitrogens with one attached hydrogen (secondary N) is 1. The molecule has 0 fully saturated rings. The molecule has 2 aromatic rings. The highest BCUT2D eigenvalue weighted by Gasteiger charge is 2.13. The van der Waals surface area contributed by atoms with Gasteiger partial charge in [-0.2, -0.15) is 0 Å². The van der Waals surface area contributed by atoms with Gasteiger partial charge in [0.1, 0.15) is 0 Å². The van der Waals surface area contributed by atoms with Crippen molar-refractivity contribution in [2.45, 2.75) is 19.4 Å². The van der Waals surface area contributed by atoms with Gasteiger partial charge in [-0.1, -0.05) is 6.07 Å². The van der Waals surface area contributed by atoms with Gasteiger partial charge in [0.2, 0.25) is 0 Å². The first-order valence-corrected chi connectivity index (χ1v) is 5.95. The Morgan fingerprint density at radius 2 is 2.22 bits per heavy atom. The molecule has 0 aliphatic heterocycles. The second-order valence-electron chi connectivity index (χ2n) is 4.36. The largest absolute Gasteiger partial charge is 0.398 e.